The minimum Gasteiger partial charge on any atom is -0.497 e. The van der Waals surface area contributed by atoms with Gasteiger partial charge in [0.15, 0.2) is 0 Å². The summed E-state index contributed by atoms with van der Waals surface area (Å²) in [5.41, 5.74) is 0.820. The molecule has 0 aliphatic heterocycles. The molecule has 0 spiro atoms. The van der Waals surface area contributed by atoms with E-state index >= 15 is 0 Å². The smallest absolute Gasteiger partial charge is 0.264 e. The third-order valence-electron chi connectivity index (χ3n) is 5.93. The van der Waals surface area contributed by atoms with E-state index in [9.17, 15) is 22.4 Å². The summed E-state index contributed by atoms with van der Waals surface area (Å²) in [7, 11) is -2.71. The Morgan fingerprint density at radius 2 is 1.68 bits per heavy atom. The zero-order chi connectivity index (χ0) is 27.7. The van der Waals surface area contributed by atoms with Crippen LogP contribution in [0.15, 0.2) is 83.8 Å². The Hall–Kier alpha value is -3.92. The zero-order valence-electron chi connectivity index (χ0n) is 21.6. The maximum Gasteiger partial charge on any atom is 0.264 e. The van der Waals surface area contributed by atoms with Crippen molar-refractivity contribution in [3.8, 4) is 5.75 Å². The highest BCUT2D eigenvalue weighted by Gasteiger charge is 2.32. The van der Waals surface area contributed by atoms with Gasteiger partial charge in [-0.3, -0.25) is 13.9 Å². The topological polar surface area (TPSA) is 96.0 Å². The number of nitrogens with one attached hydrogen (secondary N) is 1. The largest absolute Gasteiger partial charge is 0.497 e. The summed E-state index contributed by atoms with van der Waals surface area (Å²) in [6, 6.07) is 18.8. The first-order valence-electron chi connectivity index (χ1n) is 12.2. The average molecular weight is 542 g/mol. The number of methoxy groups -OCH3 is 1. The molecule has 0 saturated carbocycles. The lowest BCUT2D eigenvalue weighted by Gasteiger charge is -2.32. The van der Waals surface area contributed by atoms with Crippen molar-refractivity contribution < 1.29 is 27.1 Å². The highest BCUT2D eigenvalue weighted by Crippen LogP contribution is 2.27. The van der Waals surface area contributed by atoms with Gasteiger partial charge in [-0.15, -0.1) is 0 Å². The number of benzene rings is 3. The van der Waals surface area contributed by atoms with Crippen LogP contribution in [0.3, 0.4) is 0 Å². The van der Waals surface area contributed by atoms with Crippen molar-refractivity contribution in [3.05, 3.63) is 90.2 Å². The van der Waals surface area contributed by atoms with Crippen LogP contribution in [-0.4, -0.2) is 51.4 Å². The summed E-state index contributed by atoms with van der Waals surface area (Å²) >= 11 is 0. The summed E-state index contributed by atoms with van der Waals surface area (Å²) in [4.78, 5) is 27.9. The second kappa shape index (κ2) is 13.0. The molecule has 3 aromatic carbocycles. The first-order chi connectivity index (χ1) is 18.2. The summed E-state index contributed by atoms with van der Waals surface area (Å²) in [5.74, 6) is -0.992. The van der Waals surface area contributed by atoms with Crippen LogP contribution in [-0.2, 0) is 26.2 Å². The normalized spacial score (nSPS) is 11.9. The lowest BCUT2D eigenvalue weighted by atomic mass is 10.1. The van der Waals surface area contributed by atoms with E-state index in [-0.39, 0.29) is 23.0 Å². The number of ether oxygens (including phenoxy) is 1. The van der Waals surface area contributed by atoms with Crippen LogP contribution in [0.1, 0.15) is 25.8 Å². The van der Waals surface area contributed by atoms with Crippen molar-refractivity contribution in [3.63, 3.8) is 0 Å². The van der Waals surface area contributed by atoms with Gasteiger partial charge in [0.1, 0.15) is 24.2 Å². The average Bonchev–Trinajstić information content (AvgIpc) is 2.94. The molecule has 38 heavy (non-hydrogen) atoms. The van der Waals surface area contributed by atoms with Crippen LogP contribution in [0.4, 0.5) is 10.1 Å². The number of rotatable bonds is 12. The van der Waals surface area contributed by atoms with E-state index in [0.29, 0.717) is 24.3 Å². The molecule has 1 unspecified atom stereocenters. The molecule has 0 fully saturated rings. The predicted molar refractivity (Wildman–Crippen MR) is 144 cm³/mol. The zero-order valence-corrected chi connectivity index (χ0v) is 22.4. The second-order valence-electron chi connectivity index (χ2n) is 8.64. The Labute approximate surface area is 223 Å². The highest BCUT2D eigenvalue weighted by atomic mass is 32.2. The molecule has 3 aromatic rings. The van der Waals surface area contributed by atoms with E-state index in [1.165, 1.54) is 54.5 Å². The van der Waals surface area contributed by atoms with E-state index in [2.05, 4.69) is 5.32 Å². The molecule has 0 bridgehead atoms. The molecule has 0 aliphatic carbocycles. The number of halogens is 1. The molecular weight excluding hydrogens is 509 g/mol. The maximum atomic E-state index is 13.8. The van der Waals surface area contributed by atoms with Gasteiger partial charge in [0.2, 0.25) is 11.8 Å². The van der Waals surface area contributed by atoms with Crippen LogP contribution >= 0.6 is 0 Å². The van der Waals surface area contributed by atoms with Gasteiger partial charge in [-0.1, -0.05) is 43.3 Å². The second-order valence-corrected chi connectivity index (χ2v) is 10.5. The van der Waals surface area contributed by atoms with E-state index in [4.69, 9.17) is 4.74 Å². The third-order valence-corrected chi connectivity index (χ3v) is 7.72. The monoisotopic (exact) mass is 541 g/mol. The molecule has 1 N–H and O–H groups in total. The van der Waals surface area contributed by atoms with Gasteiger partial charge in [-0.05, 0) is 55.3 Å². The van der Waals surface area contributed by atoms with E-state index in [1.54, 1.807) is 43.3 Å². The Balaban J connectivity index is 2.02. The molecule has 8 nitrogen and oxygen atoms in total. The molecule has 3 rings (SSSR count). The number of hydrogen-bond acceptors (Lipinski definition) is 5. The van der Waals surface area contributed by atoms with Crippen LogP contribution in [0.25, 0.3) is 0 Å². The van der Waals surface area contributed by atoms with Gasteiger partial charge >= 0.3 is 0 Å². The van der Waals surface area contributed by atoms with Crippen LogP contribution < -0.4 is 14.4 Å². The predicted octanol–water partition coefficient (Wildman–Crippen LogP) is 3.97. The lowest BCUT2D eigenvalue weighted by Crippen LogP contribution is -2.51. The molecule has 0 saturated heterocycles. The highest BCUT2D eigenvalue weighted by molar-refractivity contribution is 7.92. The van der Waals surface area contributed by atoms with Crippen molar-refractivity contribution in [2.75, 3.05) is 24.5 Å². The summed E-state index contributed by atoms with van der Waals surface area (Å²) in [6.07, 6.45) is 0.712. The maximum absolute atomic E-state index is 13.8. The number of hydrogen-bond donors (Lipinski definition) is 1. The van der Waals surface area contributed by atoms with Crippen molar-refractivity contribution >= 4 is 27.5 Å². The first-order valence-corrected chi connectivity index (χ1v) is 13.6. The van der Waals surface area contributed by atoms with Gasteiger partial charge in [-0.2, -0.15) is 0 Å². The molecule has 0 radical (unpaired) electrons. The van der Waals surface area contributed by atoms with Crippen LogP contribution in [0.2, 0.25) is 0 Å². The number of carbonyl (C=O) groups excluding carboxylic acids is 2. The number of anilines is 1. The SMILES string of the molecule is CCCNC(=O)C(C)N(Cc1ccc(F)cc1)C(=O)CN(c1cccc(OC)c1)S(=O)(=O)c1ccccc1. The fraction of sp³-hybridized carbons (Fsp3) is 0.286. The molecule has 0 heterocycles. The van der Waals surface area contributed by atoms with Crippen LogP contribution in [0, 0.1) is 5.82 Å². The molecule has 2 amide bonds. The summed E-state index contributed by atoms with van der Waals surface area (Å²) in [5, 5.41) is 2.78. The Morgan fingerprint density at radius 1 is 1.00 bits per heavy atom. The fourth-order valence-corrected chi connectivity index (χ4v) is 5.21. The van der Waals surface area contributed by atoms with Crippen molar-refractivity contribution in [2.45, 2.75) is 37.8 Å². The Morgan fingerprint density at radius 3 is 2.32 bits per heavy atom. The number of nitrogens with zero attached hydrogens (tertiary/aromatic N) is 2. The number of carbonyl (C=O) groups is 2. The summed E-state index contributed by atoms with van der Waals surface area (Å²) < 4.78 is 47.2. The molecule has 10 heteroatoms. The summed E-state index contributed by atoms with van der Waals surface area (Å²) in [6.45, 7) is 3.33. The Bertz CT molecular complexity index is 1330. The van der Waals surface area contributed by atoms with Gasteiger partial charge in [0.05, 0.1) is 17.7 Å². The molecular formula is C28H32FN3O5S. The van der Waals surface area contributed by atoms with E-state index in [0.717, 1.165) is 4.31 Å². The van der Waals surface area contributed by atoms with Gasteiger partial charge < -0.3 is 15.0 Å². The van der Waals surface area contributed by atoms with Crippen LogP contribution in [0.5, 0.6) is 5.75 Å². The molecule has 0 aromatic heterocycles. The van der Waals surface area contributed by atoms with Crippen molar-refractivity contribution in [1.29, 1.82) is 0 Å². The number of sulfonamides is 1. The van der Waals surface area contributed by atoms with E-state index in [1.807, 2.05) is 6.92 Å². The third kappa shape index (κ3) is 7.10. The fourth-order valence-electron chi connectivity index (χ4n) is 3.78. The lowest BCUT2D eigenvalue weighted by molar-refractivity contribution is -0.139. The molecule has 0 aliphatic rings. The minimum absolute atomic E-state index is 0.00874. The quantitative estimate of drug-likeness (QED) is 0.374. The van der Waals surface area contributed by atoms with Gasteiger partial charge in [0.25, 0.3) is 10.0 Å². The Kier molecular flexibility index (Phi) is 9.84. The standard InChI is InChI=1S/C28H32FN3O5S/c1-4-17-30-28(34)21(2)31(19-22-13-15-23(29)16-14-22)27(33)20-32(24-9-8-10-25(18-24)37-3)38(35,36)26-11-6-5-7-12-26/h5-16,18,21H,4,17,19-20H2,1-3H3,(H,30,34). The van der Waals surface area contributed by atoms with E-state index < -0.39 is 34.3 Å². The van der Waals surface area contributed by atoms with Crippen molar-refractivity contribution in [2.24, 2.45) is 0 Å². The van der Waals surface area contributed by atoms with Gasteiger partial charge in [-0.25, -0.2) is 12.8 Å². The number of amides is 2. The first kappa shape index (κ1) is 28.6. The minimum atomic E-state index is -4.17. The van der Waals surface area contributed by atoms with Crippen molar-refractivity contribution in [1.82, 2.24) is 10.2 Å². The molecule has 1 atom stereocenters. The molecule has 202 valence electrons. The van der Waals surface area contributed by atoms with Gasteiger partial charge in [0, 0.05) is 19.2 Å².